The normalized spacial score (nSPS) is 12.7. The Kier molecular flexibility index (Phi) is 6.25. The molecule has 0 saturated carbocycles. The molecular weight excluding hydrogens is 456 g/mol. The zero-order valence-electron chi connectivity index (χ0n) is 20.8. The van der Waals surface area contributed by atoms with Gasteiger partial charge >= 0.3 is 0 Å². The summed E-state index contributed by atoms with van der Waals surface area (Å²) in [7, 11) is 4.69. The molecule has 184 valence electrons. The zero-order valence-corrected chi connectivity index (χ0v) is 20.8. The standard InChI is InChI=1S/C28H28N4O4/c1-19-8-7-9-21(14-19)32-28(30-12-5-6-13-30)22-17-31(18-23(22)29-32)26(33)11-10-20-15-24(34-2)27(36-4)25(16-20)35-3/h5-16H,17-18H2,1-4H3. The Morgan fingerprint density at radius 1 is 0.944 bits per heavy atom. The third-order valence-corrected chi connectivity index (χ3v) is 6.24. The minimum Gasteiger partial charge on any atom is -0.493 e. The lowest BCUT2D eigenvalue weighted by atomic mass is 10.1. The molecule has 0 atom stereocenters. The lowest BCUT2D eigenvalue weighted by Crippen LogP contribution is -2.24. The van der Waals surface area contributed by atoms with E-state index in [2.05, 4.69) is 19.1 Å². The molecule has 2 aromatic carbocycles. The van der Waals surface area contributed by atoms with Gasteiger partial charge in [0.2, 0.25) is 11.7 Å². The first kappa shape index (κ1) is 23.3. The molecule has 0 fully saturated rings. The van der Waals surface area contributed by atoms with Gasteiger partial charge < -0.3 is 23.7 Å². The van der Waals surface area contributed by atoms with E-state index < -0.39 is 0 Å². The number of benzene rings is 2. The number of methoxy groups -OCH3 is 3. The second-order valence-corrected chi connectivity index (χ2v) is 8.58. The Labute approximate surface area is 209 Å². The predicted octanol–water partition coefficient (Wildman–Crippen LogP) is 4.55. The Morgan fingerprint density at radius 2 is 1.67 bits per heavy atom. The van der Waals surface area contributed by atoms with Crippen LogP contribution in [-0.4, -0.2) is 46.5 Å². The van der Waals surface area contributed by atoms with Gasteiger partial charge in [0.15, 0.2) is 11.5 Å². The Balaban J connectivity index is 1.42. The molecule has 8 heteroatoms. The molecule has 36 heavy (non-hydrogen) atoms. The van der Waals surface area contributed by atoms with Crippen molar-refractivity contribution in [3.63, 3.8) is 0 Å². The van der Waals surface area contributed by atoms with E-state index >= 15 is 0 Å². The van der Waals surface area contributed by atoms with E-state index in [1.165, 1.54) is 0 Å². The number of hydrogen-bond donors (Lipinski definition) is 0. The molecule has 1 aliphatic heterocycles. The predicted molar refractivity (Wildman–Crippen MR) is 137 cm³/mol. The smallest absolute Gasteiger partial charge is 0.247 e. The lowest BCUT2D eigenvalue weighted by molar-refractivity contribution is -0.126. The molecule has 0 aliphatic carbocycles. The molecule has 0 unspecified atom stereocenters. The Hall–Kier alpha value is -4.46. The average Bonchev–Trinajstić information content (AvgIpc) is 3.63. The topological polar surface area (TPSA) is 70.8 Å². The third-order valence-electron chi connectivity index (χ3n) is 6.24. The first-order chi connectivity index (χ1) is 17.5. The average molecular weight is 485 g/mol. The minimum absolute atomic E-state index is 0.0951. The van der Waals surface area contributed by atoms with Crippen LogP contribution in [0.25, 0.3) is 17.6 Å². The van der Waals surface area contributed by atoms with Gasteiger partial charge in [-0.2, -0.15) is 5.10 Å². The number of aromatic nitrogens is 3. The molecule has 4 aromatic rings. The highest BCUT2D eigenvalue weighted by atomic mass is 16.5. The number of fused-ring (bicyclic) bond motifs is 1. The maximum Gasteiger partial charge on any atom is 0.247 e. The van der Waals surface area contributed by atoms with Gasteiger partial charge in [0.05, 0.1) is 45.8 Å². The first-order valence-corrected chi connectivity index (χ1v) is 11.6. The summed E-state index contributed by atoms with van der Waals surface area (Å²) in [6.07, 6.45) is 7.32. The van der Waals surface area contributed by atoms with Gasteiger partial charge in [0.1, 0.15) is 5.82 Å². The van der Waals surface area contributed by atoms with Gasteiger partial charge in [-0.25, -0.2) is 4.68 Å². The summed E-state index contributed by atoms with van der Waals surface area (Å²) in [4.78, 5) is 14.9. The van der Waals surface area contributed by atoms with E-state index in [0.29, 0.717) is 30.3 Å². The van der Waals surface area contributed by atoms with Crippen molar-refractivity contribution in [3.05, 3.63) is 89.4 Å². The number of hydrogen-bond acceptors (Lipinski definition) is 5. The van der Waals surface area contributed by atoms with Gasteiger partial charge in [-0.3, -0.25) is 4.79 Å². The van der Waals surface area contributed by atoms with Crippen molar-refractivity contribution in [1.82, 2.24) is 19.2 Å². The summed E-state index contributed by atoms with van der Waals surface area (Å²) in [6, 6.07) is 15.8. The van der Waals surface area contributed by atoms with Crippen molar-refractivity contribution >= 4 is 12.0 Å². The van der Waals surface area contributed by atoms with Crippen molar-refractivity contribution in [2.75, 3.05) is 21.3 Å². The zero-order chi connectivity index (χ0) is 25.2. The van der Waals surface area contributed by atoms with Crippen LogP contribution in [0.1, 0.15) is 22.4 Å². The van der Waals surface area contributed by atoms with Crippen molar-refractivity contribution in [3.8, 4) is 28.8 Å². The van der Waals surface area contributed by atoms with Gasteiger partial charge in [-0.05, 0) is 60.5 Å². The van der Waals surface area contributed by atoms with Crippen LogP contribution < -0.4 is 14.2 Å². The van der Waals surface area contributed by atoms with E-state index in [-0.39, 0.29) is 5.91 Å². The van der Waals surface area contributed by atoms with Crippen LogP contribution in [0.15, 0.2) is 67.0 Å². The molecule has 0 saturated heterocycles. The maximum absolute atomic E-state index is 13.1. The molecule has 5 rings (SSSR count). The number of rotatable bonds is 7. The number of carbonyl (C=O) groups excluding carboxylic acids is 1. The summed E-state index contributed by atoms with van der Waals surface area (Å²) in [5, 5.41) is 4.90. The molecule has 1 amide bonds. The second-order valence-electron chi connectivity index (χ2n) is 8.58. The molecule has 2 aromatic heterocycles. The SMILES string of the molecule is COc1cc(C=CC(=O)N2Cc3nn(-c4cccc(C)c4)c(-n4cccc4)c3C2)cc(OC)c1OC. The van der Waals surface area contributed by atoms with E-state index in [1.54, 1.807) is 50.5 Å². The summed E-state index contributed by atoms with van der Waals surface area (Å²) in [5.74, 6) is 2.43. The maximum atomic E-state index is 13.1. The third kappa shape index (κ3) is 4.22. The molecule has 1 aliphatic rings. The van der Waals surface area contributed by atoms with Crippen LogP contribution in [0.3, 0.4) is 0 Å². The minimum atomic E-state index is -0.0951. The van der Waals surface area contributed by atoms with E-state index in [1.807, 2.05) is 45.9 Å². The summed E-state index contributed by atoms with van der Waals surface area (Å²) < 4.78 is 20.2. The molecule has 3 heterocycles. The van der Waals surface area contributed by atoms with Gasteiger partial charge in [-0.15, -0.1) is 0 Å². The summed E-state index contributed by atoms with van der Waals surface area (Å²) in [6.45, 7) is 2.99. The van der Waals surface area contributed by atoms with Crippen LogP contribution in [0.4, 0.5) is 0 Å². The molecule has 0 bridgehead atoms. The lowest BCUT2D eigenvalue weighted by Gasteiger charge is -2.16. The van der Waals surface area contributed by atoms with Gasteiger partial charge in [-0.1, -0.05) is 12.1 Å². The fraction of sp³-hybridized carbons (Fsp3) is 0.214. The summed E-state index contributed by atoms with van der Waals surface area (Å²) >= 11 is 0. The van der Waals surface area contributed by atoms with Crippen LogP contribution in [0.5, 0.6) is 17.2 Å². The largest absolute Gasteiger partial charge is 0.493 e. The van der Waals surface area contributed by atoms with Crippen molar-refractivity contribution in [2.24, 2.45) is 0 Å². The molecular formula is C28H28N4O4. The van der Waals surface area contributed by atoms with E-state index in [4.69, 9.17) is 19.3 Å². The monoisotopic (exact) mass is 484 g/mol. The van der Waals surface area contributed by atoms with E-state index in [9.17, 15) is 4.79 Å². The molecule has 0 N–H and O–H groups in total. The number of aryl methyl sites for hydroxylation is 1. The molecule has 0 spiro atoms. The van der Waals surface area contributed by atoms with Crippen LogP contribution >= 0.6 is 0 Å². The highest BCUT2D eigenvalue weighted by Gasteiger charge is 2.30. The summed E-state index contributed by atoms with van der Waals surface area (Å²) in [5.41, 5.74) is 4.87. The highest BCUT2D eigenvalue weighted by molar-refractivity contribution is 5.92. The van der Waals surface area contributed by atoms with Gasteiger partial charge in [0.25, 0.3) is 0 Å². The van der Waals surface area contributed by atoms with Crippen molar-refractivity contribution in [1.29, 1.82) is 0 Å². The highest BCUT2D eigenvalue weighted by Crippen LogP contribution is 2.38. The Morgan fingerprint density at radius 3 is 2.31 bits per heavy atom. The Bertz CT molecular complexity index is 1410. The number of amides is 1. The fourth-order valence-electron chi connectivity index (χ4n) is 4.51. The molecule has 0 radical (unpaired) electrons. The second kappa shape index (κ2) is 9.65. The quantitative estimate of drug-likeness (QED) is 0.360. The number of nitrogens with zero attached hydrogens (tertiary/aromatic N) is 4. The van der Waals surface area contributed by atoms with E-state index in [0.717, 1.165) is 33.9 Å². The van der Waals surface area contributed by atoms with Gasteiger partial charge in [0, 0.05) is 24.0 Å². The fourth-order valence-corrected chi connectivity index (χ4v) is 4.51. The number of carbonyl (C=O) groups is 1. The van der Waals surface area contributed by atoms with Crippen molar-refractivity contribution < 1.29 is 19.0 Å². The molecule has 8 nitrogen and oxygen atoms in total. The van der Waals surface area contributed by atoms with Crippen molar-refractivity contribution in [2.45, 2.75) is 20.0 Å². The first-order valence-electron chi connectivity index (χ1n) is 11.6. The number of ether oxygens (including phenoxy) is 3. The van der Waals surface area contributed by atoms with Crippen LogP contribution in [0.2, 0.25) is 0 Å². The van der Waals surface area contributed by atoms with Crippen LogP contribution in [0, 0.1) is 6.92 Å². The van der Waals surface area contributed by atoms with Crippen LogP contribution in [-0.2, 0) is 17.9 Å².